The second-order valence-corrected chi connectivity index (χ2v) is 9.51. The Morgan fingerprint density at radius 2 is 2.00 bits per heavy atom. The van der Waals surface area contributed by atoms with Crippen LogP contribution in [-0.2, 0) is 0 Å². The number of halogens is 1. The van der Waals surface area contributed by atoms with Gasteiger partial charge in [0, 0.05) is 29.9 Å². The minimum Gasteiger partial charge on any atom is -0.357 e. The van der Waals surface area contributed by atoms with Crippen LogP contribution in [0.2, 0.25) is 5.02 Å². The van der Waals surface area contributed by atoms with E-state index in [-0.39, 0.29) is 5.54 Å². The van der Waals surface area contributed by atoms with Gasteiger partial charge in [0.05, 0.1) is 11.4 Å². The molecular weight excluding hydrogens is 340 g/mol. The van der Waals surface area contributed by atoms with Crippen molar-refractivity contribution in [3.8, 4) is 0 Å². The average Bonchev–Trinajstić information content (AvgIpc) is 3.38. The third kappa shape index (κ3) is 2.55. The molecule has 0 N–H and O–H groups in total. The van der Waals surface area contributed by atoms with E-state index in [2.05, 4.69) is 36.1 Å². The molecule has 5 rings (SSSR count). The molecule has 5 atom stereocenters. The first-order valence-electron chi connectivity index (χ1n) is 10.8. The highest BCUT2D eigenvalue weighted by molar-refractivity contribution is 6.30. The summed E-state index contributed by atoms with van der Waals surface area (Å²) in [5, 5.41) is 0.848. The number of aliphatic imine (C=N–C) groups is 1. The van der Waals surface area contributed by atoms with Crippen LogP contribution in [0.25, 0.3) is 0 Å². The molecule has 2 aliphatic carbocycles. The maximum absolute atomic E-state index is 6.17. The van der Waals surface area contributed by atoms with E-state index in [1.165, 1.54) is 75.7 Å². The fourth-order valence-corrected chi connectivity index (χ4v) is 6.95. The molecule has 5 unspecified atom stereocenters. The van der Waals surface area contributed by atoms with Crippen molar-refractivity contribution >= 4 is 17.4 Å². The Morgan fingerprint density at radius 1 is 1.15 bits per heavy atom. The molecule has 140 valence electrons. The summed E-state index contributed by atoms with van der Waals surface area (Å²) in [6.45, 7) is 3.58. The molecule has 2 saturated carbocycles. The van der Waals surface area contributed by atoms with Gasteiger partial charge in [0.15, 0.2) is 0 Å². The molecule has 1 aromatic rings. The van der Waals surface area contributed by atoms with Crippen molar-refractivity contribution in [3.05, 3.63) is 34.9 Å². The van der Waals surface area contributed by atoms with E-state index in [1.807, 2.05) is 0 Å². The molecule has 2 aliphatic heterocycles. The summed E-state index contributed by atoms with van der Waals surface area (Å²) >= 11 is 6.17. The van der Waals surface area contributed by atoms with Gasteiger partial charge < -0.3 is 4.90 Å². The lowest BCUT2D eigenvalue weighted by atomic mass is 9.69. The lowest BCUT2D eigenvalue weighted by Crippen LogP contribution is -2.43. The fourth-order valence-electron chi connectivity index (χ4n) is 6.82. The van der Waals surface area contributed by atoms with Crippen molar-refractivity contribution in [3.63, 3.8) is 0 Å². The Morgan fingerprint density at radius 3 is 2.81 bits per heavy atom. The SMILES string of the molecule is CCC1CCCCN1C1=NC2(CC1)C1CCC(C1)C2c1ccc(Cl)cc1. The molecule has 1 spiro atoms. The fraction of sp³-hybridized carbons (Fsp3) is 0.696. The van der Waals surface area contributed by atoms with Gasteiger partial charge in [0.25, 0.3) is 0 Å². The number of rotatable bonds is 2. The number of hydrogen-bond acceptors (Lipinski definition) is 2. The molecule has 0 radical (unpaired) electrons. The largest absolute Gasteiger partial charge is 0.357 e. The highest BCUT2D eigenvalue weighted by atomic mass is 35.5. The third-order valence-corrected chi connectivity index (χ3v) is 8.19. The summed E-state index contributed by atoms with van der Waals surface area (Å²) in [5.41, 5.74) is 1.67. The standard InChI is InChI=1S/C23H31ClN2/c1-2-20-5-3-4-14-26(20)21-12-13-23(25-21)18-9-6-17(15-18)22(23)16-7-10-19(24)11-8-16/h7-8,10-11,17-18,20,22H,2-6,9,12-15H2,1H3. The molecule has 2 heterocycles. The Bertz CT molecular complexity index is 697. The molecule has 2 nitrogen and oxygen atoms in total. The maximum Gasteiger partial charge on any atom is 0.0999 e. The molecule has 3 heteroatoms. The number of fused-ring (bicyclic) bond motifs is 3. The van der Waals surface area contributed by atoms with Gasteiger partial charge in [0.2, 0.25) is 0 Å². The number of hydrogen-bond donors (Lipinski definition) is 0. The highest BCUT2D eigenvalue weighted by Crippen LogP contribution is 2.63. The van der Waals surface area contributed by atoms with E-state index in [0.717, 1.165) is 22.9 Å². The van der Waals surface area contributed by atoms with Crippen LogP contribution < -0.4 is 0 Å². The van der Waals surface area contributed by atoms with Crippen LogP contribution in [-0.4, -0.2) is 28.9 Å². The Kier molecular flexibility index (Phi) is 4.31. The number of piperidine rings is 1. The molecule has 3 fully saturated rings. The summed E-state index contributed by atoms with van der Waals surface area (Å²) in [6, 6.07) is 9.43. The third-order valence-electron chi connectivity index (χ3n) is 7.94. The van der Waals surface area contributed by atoms with E-state index in [4.69, 9.17) is 16.6 Å². The second kappa shape index (κ2) is 6.55. The normalized spacial score (nSPS) is 39.0. The summed E-state index contributed by atoms with van der Waals surface area (Å²) in [7, 11) is 0. The Labute approximate surface area is 163 Å². The lowest BCUT2D eigenvalue weighted by Gasteiger charge is -2.40. The first kappa shape index (κ1) is 17.1. The van der Waals surface area contributed by atoms with Crippen molar-refractivity contribution in [2.45, 2.75) is 82.2 Å². The Hall–Kier alpha value is -1.02. The van der Waals surface area contributed by atoms with Gasteiger partial charge in [-0.25, -0.2) is 0 Å². The van der Waals surface area contributed by atoms with Gasteiger partial charge >= 0.3 is 0 Å². The van der Waals surface area contributed by atoms with E-state index < -0.39 is 0 Å². The van der Waals surface area contributed by atoms with Crippen molar-refractivity contribution in [2.75, 3.05) is 6.54 Å². The molecule has 4 aliphatic rings. The Balaban J connectivity index is 1.50. The van der Waals surface area contributed by atoms with Crippen LogP contribution in [0, 0.1) is 11.8 Å². The van der Waals surface area contributed by atoms with Gasteiger partial charge in [-0.2, -0.15) is 0 Å². The zero-order valence-corrected chi connectivity index (χ0v) is 16.7. The molecule has 1 saturated heterocycles. The van der Waals surface area contributed by atoms with Crippen molar-refractivity contribution in [1.82, 2.24) is 4.90 Å². The van der Waals surface area contributed by atoms with Crippen LogP contribution >= 0.6 is 11.6 Å². The van der Waals surface area contributed by atoms with E-state index in [1.54, 1.807) is 0 Å². The van der Waals surface area contributed by atoms with E-state index in [0.29, 0.717) is 5.92 Å². The predicted molar refractivity (Wildman–Crippen MR) is 109 cm³/mol. The first-order valence-corrected chi connectivity index (χ1v) is 11.2. The highest BCUT2D eigenvalue weighted by Gasteiger charge is 2.60. The van der Waals surface area contributed by atoms with Crippen molar-refractivity contribution in [1.29, 1.82) is 0 Å². The van der Waals surface area contributed by atoms with Crippen molar-refractivity contribution < 1.29 is 0 Å². The average molecular weight is 371 g/mol. The molecule has 0 aromatic heterocycles. The zero-order valence-electron chi connectivity index (χ0n) is 16.0. The monoisotopic (exact) mass is 370 g/mol. The van der Waals surface area contributed by atoms with Crippen LogP contribution in [0.3, 0.4) is 0 Å². The van der Waals surface area contributed by atoms with E-state index in [9.17, 15) is 0 Å². The first-order chi connectivity index (χ1) is 12.7. The maximum atomic E-state index is 6.17. The molecule has 26 heavy (non-hydrogen) atoms. The molecule has 2 bridgehead atoms. The predicted octanol–water partition coefficient (Wildman–Crippen LogP) is 6.05. The van der Waals surface area contributed by atoms with E-state index >= 15 is 0 Å². The number of amidine groups is 1. The summed E-state index contributed by atoms with van der Waals surface area (Å²) in [4.78, 5) is 8.31. The second-order valence-electron chi connectivity index (χ2n) is 9.07. The molecule has 0 amide bonds. The van der Waals surface area contributed by atoms with Gasteiger partial charge in [-0.15, -0.1) is 0 Å². The van der Waals surface area contributed by atoms with Gasteiger partial charge in [0.1, 0.15) is 0 Å². The van der Waals surface area contributed by atoms with Gasteiger partial charge in [-0.3, -0.25) is 4.99 Å². The quantitative estimate of drug-likeness (QED) is 0.618. The van der Waals surface area contributed by atoms with Crippen LogP contribution in [0.15, 0.2) is 29.3 Å². The van der Waals surface area contributed by atoms with Gasteiger partial charge in [-0.1, -0.05) is 30.7 Å². The van der Waals surface area contributed by atoms with Crippen LogP contribution in [0.4, 0.5) is 0 Å². The number of nitrogens with zero attached hydrogens (tertiary/aromatic N) is 2. The van der Waals surface area contributed by atoms with Gasteiger partial charge in [-0.05, 0) is 80.9 Å². The number of likely N-dealkylation sites (tertiary alicyclic amines) is 1. The van der Waals surface area contributed by atoms with Crippen LogP contribution in [0.1, 0.15) is 76.2 Å². The smallest absolute Gasteiger partial charge is 0.0999 e. The summed E-state index contributed by atoms with van der Waals surface area (Å²) in [5.74, 6) is 3.69. The van der Waals surface area contributed by atoms with Crippen LogP contribution in [0.5, 0.6) is 0 Å². The topological polar surface area (TPSA) is 15.6 Å². The lowest BCUT2D eigenvalue weighted by molar-refractivity contribution is 0.227. The summed E-state index contributed by atoms with van der Waals surface area (Å²) in [6.07, 6.45) is 12.0. The zero-order chi connectivity index (χ0) is 17.7. The number of benzene rings is 1. The minimum absolute atomic E-state index is 0.182. The summed E-state index contributed by atoms with van der Waals surface area (Å²) < 4.78 is 0. The van der Waals surface area contributed by atoms with Crippen molar-refractivity contribution in [2.24, 2.45) is 16.8 Å². The molecule has 1 aromatic carbocycles. The minimum atomic E-state index is 0.182. The molecular formula is C23H31ClN2.